The average molecular weight is 222 g/mol. The Morgan fingerprint density at radius 1 is 1.13 bits per heavy atom. The molecule has 0 amide bonds. The lowest BCUT2D eigenvalue weighted by molar-refractivity contribution is 0.291. The Morgan fingerprint density at radius 2 is 1.60 bits per heavy atom. The summed E-state index contributed by atoms with van der Waals surface area (Å²) in [5, 5.41) is 1.24. The first kappa shape index (κ1) is 12.2. The molecular formula is C12H18O2Si. The Hall–Kier alpha value is -0.903. The van der Waals surface area contributed by atoms with Crippen molar-refractivity contribution < 1.29 is 8.85 Å². The molecule has 0 N–H and O–H groups in total. The second-order valence-electron chi connectivity index (χ2n) is 3.58. The highest BCUT2D eigenvalue weighted by molar-refractivity contribution is 6.62. The first-order chi connectivity index (χ1) is 7.13. The van der Waals surface area contributed by atoms with Crippen molar-refractivity contribution in [3.05, 3.63) is 35.4 Å². The van der Waals surface area contributed by atoms with Crippen molar-refractivity contribution in [3.63, 3.8) is 0 Å². The highest BCUT2D eigenvalue weighted by Gasteiger charge is 2.18. The van der Waals surface area contributed by atoms with Gasteiger partial charge in [0.25, 0.3) is 0 Å². The Morgan fingerprint density at radius 3 is 1.93 bits per heavy atom. The summed E-state index contributed by atoms with van der Waals surface area (Å²) in [4.78, 5) is 0. The highest BCUT2D eigenvalue weighted by Crippen LogP contribution is 2.09. The Bertz CT molecular complexity index is 334. The fourth-order valence-corrected chi connectivity index (χ4v) is 3.40. The predicted molar refractivity (Wildman–Crippen MR) is 66.8 cm³/mol. The highest BCUT2D eigenvalue weighted by atomic mass is 28.3. The van der Waals surface area contributed by atoms with Crippen molar-refractivity contribution in [1.29, 1.82) is 0 Å². The maximum Gasteiger partial charge on any atom is 0.355 e. The third-order valence-electron chi connectivity index (χ3n) is 2.52. The third-order valence-corrected chi connectivity index (χ3v) is 4.75. The van der Waals surface area contributed by atoms with Gasteiger partial charge in [-0.1, -0.05) is 24.8 Å². The van der Waals surface area contributed by atoms with Crippen LogP contribution in [0.25, 0.3) is 6.08 Å². The Kier molecular flexibility index (Phi) is 4.26. The molecule has 0 atom stereocenters. The summed E-state index contributed by atoms with van der Waals surface area (Å²) in [6, 6.07) is 4.24. The summed E-state index contributed by atoms with van der Waals surface area (Å²) in [5.41, 5.74) is 3.60. The fraction of sp³-hybridized carbons (Fsp3) is 0.333. The van der Waals surface area contributed by atoms with Crippen LogP contribution in [0.2, 0.25) is 0 Å². The van der Waals surface area contributed by atoms with Crippen LogP contribution in [0.5, 0.6) is 0 Å². The van der Waals surface area contributed by atoms with Crippen LogP contribution in [0.15, 0.2) is 18.7 Å². The van der Waals surface area contributed by atoms with Crippen LogP contribution in [-0.2, 0) is 8.85 Å². The number of rotatable bonds is 4. The van der Waals surface area contributed by atoms with Gasteiger partial charge in [-0.15, -0.1) is 0 Å². The topological polar surface area (TPSA) is 18.5 Å². The van der Waals surface area contributed by atoms with Crippen molar-refractivity contribution in [3.8, 4) is 0 Å². The van der Waals surface area contributed by atoms with Gasteiger partial charge in [0.1, 0.15) is 0 Å². The second kappa shape index (κ2) is 5.26. The number of benzene rings is 1. The molecule has 3 heteroatoms. The zero-order chi connectivity index (χ0) is 11.4. The quantitative estimate of drug-likeness (QED) is 0.722. The van der Waals surface area contributed by atoms with Crippen LogP contribution in [0.1, 0.15) is 16.7 Å². The maximum absolute atomic E-state index is 5.41. The molecule has 0 aliphatic rings. The van der Waals surface area contributed by atoms with Crippen molar-refractivity contribution >= 4 is 20.5 Å². The summed E-state index contributed by atoms with van der Waals surface area (Å²) < 4.78 is 10.8. The van der Waals surface area contributed by atoms with Crippen LogP contribution in [0.4, 0.5) is 0 Å². The predicted octanol–water partition coefficient (Wildman–Crippen LogP) is 1.67. The van der Waals surface area contributed by atoms with Gasteiger partial charge in [-0.25, -0.2) is 0 Å². The van der Waals surface area contributed by atoms with Crippen molar-refractivity contribution in [2.45, 2.75) is 13.8 Å². The van der Waals surface area contributed by atoms with Crippen molar-refractivity contribution in [2.75, 3.05) is 14.2 Å². The lowest BCUT2D eigenvalue weighted by atomic mass is 10.1. The molecule has 1 aromatic carbocycles. The molecular weight excluding hydrogens is 204 g/mol. The molecule has 0 radical (unpaired) electrons. The molecule has 0 bridgehead atoms. The van der Waals surface area contributed by atoms with Gasteiger partial charge in [-0.2, -0.15) is 0 Å². The van der Waals surface area contributed by atoms with E-state index in [1.165, 1.54) is 16.3 Å². The van der Waals surface area contributed by atoms with E-state index in [-0.39, 0.29) is 0 Å². The smallest absolute Gasteiger partial charge is 0.355 e. The molecule has 0 aromatic heterocycles. The summed E-state index contributed by atoms with van der Waals surface area (Å²) in [6.45, 7) is 7.96. The lowest BCUT2D eigenvalue weighted by Crippen LogP contribution is -2.38. The molecule has 2 nitrogen and oxygen atoms in total. The minimum absolute atomic E-state index is 1.15. The van der Waals surface area contributed by atoms with Crippen LogP contribution in [-0.4, -0.2) is 23.5 Å². The zero-order valence-electron chi connectivity index (χ0n) is 9.83. The van der Waals surface area contributed by atoms with Gasteiger partial charge in [0, 0.05) is 14.2 Å². The van der Waals surface area contributed by atoms with E-state index >= 15 is 0 Å². The molecule has 82 valence electrons. The van der Waals surface area contributed by atoms with Gasteiger partial charge in [0.05, 0.1) is 0 Å². The van der Waals surface area contributed by atoms with Gasteiger partial charge >= 0.3 is 9.28 Å². The maximum atomic E-state index is 5.41. The van der Waals surface area contributed by atoms with Crippen molar-refractivity contribution in [2.24, 2.45) is 0 Å². The summed E-state index contributed by atoms with van der Waals surface area (Å²) in [7, 11) is 1.72. The first-order valence-corrected chi connectivity index (χ1v) is 6.45. The van der Waals surface area contributed by atoms with Crippen molar-refractivity contribution in [1.82, 2.24) is 0 Å². The lowest BCUT2D eigenvalue weighted by Gasteiger charge is -2.17. The second-order valence-corrected chi connectivity index (χ2v) is 5.76. The number of hydrogen-bond acceptors (Lipinski definition) is 2. The SMILES string of the molecule is C=Cc1cc(C)c([SiH](OC)OC)c(C)c1. The summed E-state index contributed by atoms with van der Waals surface area (Å²) in [6.07, 6.45) is 1.86. The van der Waals surface area contributed by atoms with Crippen LogP contribution >= 0.6 is 0 Å². The van der Waals surface area contributed by atoms with E-state index in [4.69, 9.17) is 8.85 Å². The monoisotopic (exact) mass is 222 g/mol. The van der Waals surface area contributed by atoms with E-state index in [0.29, 0.717) is 0 Å². The normalized spacial score (nSPS) is 10.7. The van der Waals surface area contributed by atoms with E-state index in [1.807, 2.05) is 6.08 Å². The first-order valence-electron chi connectivity index (χ1n) is 4.93. The van der Waals surface area contributed by atoms with Gasteiger partial charge < -0.3 is 8.85 Å². The van der Waals surface area contributed by atoms with Crippen LogP contribution in [0.3, 0.4) is 0 Å². The van der Waals surface area contributed by atoms with Gasteiger partial charge in [-0.3, -0.25) is 0 Å². The number of aryl methyl sites for hydroxylation is 2. The number of hydrogen-bond donors (Lipinski definition) is 0. The minimum atomic E-state index is -1.70. The molecule has 1 rings (SSSR count). The molecule has 0 saturated carbocycles. The molecule has 0 fully saturated rings. The molecule has 0 aliphatic carbocycles. The Labute approximate surface area is 93.4 Å². The summed E-state index contributed by atoms with van der Waals surface area (Å²) in [5.74, 6) is 0. The third kappa shape index (κ3) is 2.56. The zero-order valence-corrected chi connectivity index (χ0v) is 11.0. The largest absolute Gasteiger partial charge is 0.397 e. The molecule has 0 aliphatic heterocycles. The molecule has 0 spiro atoms. The average Bonchev–Trinajstić information content (AvgIpc) is 2.23. The van der Waals surface area contributed by atoms with Gasteiger partial charge in [0.15, 0.2) is 0 Å². The van der Waals surface area contributed by atoms with E-state index in [9.17, 15) is 0 Å². The van der Waals surface area contributed by atoms with Gasteiger partial charge in [0.2, 0.25) is 0 Å². The Balaban J connectivity index is 3.23. The molecule has 1 aromatic rings. The molecule has 15 heavy (non-hydrogen) atoms. The van der Waals surface area contributed by atoms with E-state index < -0.39 is 9.28 Å². The molecule has 0 unspecified atom stereocenters. The minimum Gasteiger partial charge on any atom is -0.397 e. The standard InChI is InChI=1S/C12H18O2Si/c1-6-11-7-9(2)12(10(3)8-11)15(13-4)14-5/h6-8,15H,1H2,2-5H3. The summed E-state index contributed by atoms with van der Waals surface area (Å²) >= 11 is 0. The molecule has 0 heterocycles. The van der Waals surface area contributed by atoms with E-state index in [1.54, 1.807) is 14.2 Å². The van der Waals surface area contributed by atoms with Gasteiger partial charge in [-0.05, 0) is 35.7 Å². The van der Waals surface area contributed by atoms with E-state index in [0.717, 1.165) is 5.56 Å². The van der Waals surface area contributed by atoms with Crippen LogP contribution < -0.4 is 5.19 Å². The molecule has 0 saturated heterocycles. The fourth-order valence-electron chi connectivity index (χ4n) is 1.83. The van der Waals surface area contributed by atoms with E-state index in [2.05, 4.69) is 32.6 Å². The van der Waals surface area contributed by atoms with Crippen LogP contribution in [0, 0.1) is 13.8 Å².